The molecule has 0 aromatic heterocycles. The lowest BCUT2D eigenvalue weighted by Crippen LogP contribution is -2.11. The lowest BCUT2D eigenvalue weighted by molar-refractivity contribution is 0.415. The van der Waals surface area contributed by atoms with E-state index in [4.69, 9.17) is 9.47 Å². The Balaban J connectivity index is 1.68. The van der Waals surface area contributed by atoms with Crippen LogP contribution in [-0.2, 0) is 0 Å². The molecule has 0 atom stereocenters. The Morgan fingerprint density at radius 3 is 1.57 bits per heavy atom. The van der Waals surface area contributed by atoms with Gasteiger partial charge in [-0.1, -0.05) is 72.8 Å². The number of hydrogen-bond donors (Lipinski definition) is 0. The molecule has 0 unspecified atom stereocenters. The molecule has 0 amide bonds. The molecule has 6 rings (SSSR count). The van der Waals surface area contributed by atoms with Crippen LogP contribution >= 0.6 is 0 Å². The van der Waals surface area contributed by atoms with E-state index in [1.165, 1.54) is 32.7 Å². The van der Waals surface area contributed by atoms with Gasteiger partial charge in [0.05, 0.1) is 19.9 Å². The van der Waals surface area contributed by atoms with E-state index in [-0.39, 0.29) is 0 Å². The molecule has 0 heterocycles. The summed E-state index contributed by atoms with van der Waals surface area (Å²) in [5.41, 5.74) is 5.59. The van der Waals surface area contributed by atoms with Crippen LogP contribution in [0.15, 0.2) is 127 Å². The van der Waals surface area contributed by atoms with Crippen LogP contribution in [0.25, 0.3) is 32.7 Å². The quantitative estimate of drug-likeness (QED) is 0.237. The van der Waals surface area contributed by atoms with Gasteiger partial charge in [0.15, 0.2) is 0 Å². The summed E-state index contributed by atoms with van der Waals surface area (Å²) in [5.74, 6) is 1.65. The van der Waals surface area contributed by atoms with E-state index in [1.807, 2.05) is 24.3 Å². The van der Waals surface area contributed by atoms with Gasteiger partial charge in [-0.3, -0.25) is 0 Å². The maximum absolute atomic E-state index is 5.45. The molecule has 6 aromatic carbocycles. The lowest BCUT2D eigenvalue weighted by Gasteiger charge is -2.29. The Kier molecular flexibility index (Phi) is 5.95. The molecule has 0 aliphatic heterocycles. The number of methoxy groups -OCH3 is 2. The maximum atomic E-state index is 5.45. The molecule has 6 aromatic rings. The minimum absolute atomic E-state index is 0.825. The first kappa shape index (κ1) is 22.7. The van der Waals surface area contributed by atoms with Gasteiger partial charge in [0.25, 0.3) is 0 Å². The van der Waals surface area contributed by atoms with Crippen LogP contribution in [-0.4, -0.2) is 14.2 Å². The molecule has 0 aliphatic carbocycles. The predicted molar refractivity (Wildman–Crippen MR) is 155 cm³/mol. The molecule has 3 nitrogen and oxygen atoms in total. The molecular formula is C34H27NO2. The fourth-order valence-corrected chi connectivity index (χ4v) is 5.06. The molecule has 37 heavy (non-hydrogen) atoms. The van der Waals surface area contributed by atoms with Crippen molar-refractivity contribution in [3.63, 3.8) is 0 Å². The number of hydrogen-bond acceptors (Lipinski definition) is 3. The van der Waals surface area contributed by atoms with E-state index in [0.717, 1.165) is 28.6 Å². The summed E-state index contributed by atoms with van der Waals surface area (Å²) >= 11 is 0. The Labute approximate surface area is 217 Å². The van der Waals surface area contributed by atoms with Gasteiger partial charge in [-0.25, -0.2) is 0 Å². The second kappa shape index (κ2) is 9.71. The van der Waals surface area contributed by atoms with E-state index in [2.05, 4.69) is 108 Å². The van der Waals surface area contributed by atoms with Gasteiger partial charge in [-0.05, 0) is 81.7 Å². The van der Waals surface area contributed by atoms with Crippen molar-refractivity contribution in [1.82, 2.24) is 0 Å². The van der Waals surface area contributed by atoms with E-state index in [1.54, 1.807) is 14.2 Å². The Bertz CT molecular complexity index is 1640. The van der Waals surface area contributed by atoms with E-state index in [9.17, 15) is 0 Å². The summed E-state index contributed by atoms with van der Waals surface area (Å²) in [7, 11) is 3.39. The van der Waals surface area contributed by atoms with Crippen molar-refractivity contribution in [2.24, 2.45) is 0 Å². The van der Waals surface area contributed by atoms with E-state index < -0.39 is 0 Å². The average molecular weight is 482 g/mol. The maximum Gasteiger partial charge on any atom is 0.119 e. The second-order valence-corrected chi connectivity index (χ2v) is 8.94. The van der Waals surface area contributed by atoms with Crippen molar-refractivity contribution < 1.29 is 9.47 Å². The Hall–Kier alpha value is -4.76. The first-order chi connectivity index (χ1) is 18.3. The summed E-state index contributed by atoms with van der Waals surface area (Å²) in [4.78, 5) is 2.31. The predicted octanol–water partition coefficient (Wildman–Crippen LogP) is 9.15. The van der Waals surface area contributed by atoms with Crippen LogP contribution in [0.3, 0.4) is 0 Å². The smallest absolute Gasteiger partial charge is 0.119 e. The Morgan fingerprint density at radius 2 is 0.973 bits per heavy atom. The molecule has 180 valence electrons. The van der Waals surface area contributed by atoms with E-state index in [0.29, 0.717) is 0 Å². The fourth-order valence-electron chi connectivity index (χ4n) is 5.06. The van der Waals surface area contributed by atoms with Crippen molar-refractivity contribution in [3.8, 4) is 22.6 Å². The molecule has 0 N–H and O–H groups in total. The zero-order valence-electron chi connectivity index (χ0n) is 20.9. The van der Waals surface area contributed by atoms with Crippen LogP contribution in [0.1, 0.15) is 0 Å². The van der Waals surface area contributed by atoms with Gasteiger partial charge in [-0.15, -0.1) is 0 Å². The monoisotopic (exact) mass is 481 g/mol. The minimum Gasteiger partial charge on any atom is -0.497 e. The van der Waals surface area contributed by atoms with Crippen molar-refractivity contribution in [3.05, 3.63) is 127 Å². The highest BCUT2D eigenvalue weighted by atomic mass is 16.5. The molecule has 0 aliphatic rings. The van der Waals surface area contributed by atoms with Crippen LogP contribution in [0.5, 0.6) is 11.5 Å². The van der Waals surface area contributed by atoms with Crippen molar-refractivity contribution >= 4 is 38.6 Å². The summed E-state index contributed by atoms with van der Waals surface area (Å²) in [5, 5.41) is 4.87. The van der Waals surface area contributed by atoms with E-state index >= 15 is 0 Å². The summed E-state index contributed by atoms with van der Waals surface area (Å²) in [6.07, 6.45) is 0. The van der Waals surface area contributed by atoms with Gasteiger partial charge >= 0.3 is 0 Å². The van der Waals surface area contributed by atoms with Gasteiger partial charge < -0.3 is 14.4 Å². The molecule has 0 saturated heterocycles. The molecule has 0 saturated carbocycles. The van der Waals surface area contributed by atoms with Gasteiger partial charge in [0.2, 0.25) is 0 Å². The average Bonchev–Trinajstić information content (AvgIpc) is 2.97. The van der Waals surface area contributed by atoms with Crippen LogP contribution in [0, 0.1) is 0 Å². The first-order valence-corrected chi connectivity index (χ1v) is 12.3. The number of benzene rings is 6. The van der Waals surface area contributed by atoms with Gasteiger partial charge in [0.1, 0.15) is 11.5 Å². The molecule has 0 spiro atoms. The number of nitrogens with zero attached hydrogens (tertiary/aromatic N) is 1. The molecule has 0 bridgehead atoms. The topological polar surface area (TPSA) is 21.7 Å². The van der Waals surface area contributed by atoms with Gasteiger partial charge in [0, 0.05) is 16.9 Å². The first-order valence-electron chi connectivity index (χ1n) is 12.3. The standard InChI is InChI=1S/C34H27NO2/c1-36-28-19-15-26(16-20-28)35(27-17-21-29(37-2)22-18-27)33-23-14-25-9-4-6-12-31(25)34(33)32-13-7-10-24-8-3-5-11-30(24)32/h3-23H,1-2H3. The molecule has 3 heteroatoms. The highest BCUT2D eigenvalue weighted by Crippen LogP contribution is 2.46. The number of fused-ring (bicyclic) bond motifs is 2. The minimum atomic E-state index is 0.825. The SMILES string of the molecule is COc1ccc(N(c2ccc(OC)cc2)c2ccc3ccccc3c2-c2cccc3ccccc23)cc1. The second-order valence-electron chi connectivity index (χ2n) is 8.94. The Morgan fingerprint density at radius 1 is 0.459 bits per heavy atom. The third-order valence-corrected chi connectivity index (χ3v) is 6.87. The number of ether oxygens (including phenoxy) is 2. The fraction of sp³-hybridized carbons (Fsp3) is 0.0588. The summed E-state index contributed by atoms with van der Waals surface area (Å²) < 4.78 is 10.9. The molecular weight excluding hydrogens is 454 g/mol. The number of rotatable bonds is 6. The molecule has 0 radical (unpaired) electrons. The van der Waals surface area contributed by atoms with Crippen LogP contribution in [0.4, 0.5) is 17.1 Å². The van der Waals surface area contributed by atoms with Crippen LogP contribution in [0.2, 0.25) is 0 Å². The highest BCUT2D eigenvalue weighted by Gasteiger charge is 2.20. The largest absolute Gasteiger partial charge is 0.497 e. The third kappa shape index (κ3) is 4.15. The zero-order valence-corrected chi connectivity index (χ0v) is 20.9. The highest BCUT2D eigenvalue weighted by molar-refractivity contribution is 6.11. The third-order valence-electron chi connectivity index (χ3n) is 6.87. The number of anilines is 3. The van der Waals surface area contributed by atoms with Crippen molar-refractivity contribution in [2.45, 2.75) is 0 Å². The van der Waals surface area contributed by atoms with Crippen LogP contribution < -0.4 is 14.4 Å². The normalized spacial score (nSPS) is 11.0. The van der Waals surface area contributed by atoms with Crippen molar-refractivity contribution in [1.29, 1.82) is 0 Å². The van der Waals surface area contributed by atoms with Crippen molar-refractivity contribution in [2.75, 3.05) is 19.1 Å². The molecule has 0 fully saturated rings. The summed E-state index contributed by atoms with van der Waals surface area (Å²) in [6, 6.07) is 44.6. The lowest BCUT2D eigenvalue weighted by atomic mass is 9.91. The van der Waals surface area contributed by atoms with Gasteiger partial charge in [-0.2, -0.15) is 0 Å². The summed E-state index contributed by atoms with van der Waals surface area (Å²) in [6.45, 7) is 0. The zero-order chi connectivity index (χ0) is 25.2.